The van der Waals surface area contributed by atoms with Crippen LogP contribution in [0.3, 0.4) is 0 Å². The van der Waals surface area contributed by atoms with Crippen molar-refractivity contribution in [3.8, 4) is 0 Å². The molecule has 0 spiro atoms. The Kier molecular flexibility index (Phi) is 6.41. The molecule has 2 N–H and O–H groups in total. The van der Waals surface area contributed by atoms with Gasteiger partial charge in [0.2, 0.25) is 5.91 Å². The second-order valence-electron chi connectivity index (χ2n) is 7.59. The van der Waals surface area contributed by atoms with E-state index in [2.05, 4.69) is 44.8 Å². The van der Waals surface area contributed by atoms with E-state index >= 15 is 0 Å². The molecule has 0 saturated carbocycles. The van der Waals surface area contributed by atoms with E-state index in [1.54, 1.807) is 4.90 Å². The largest absolute Gasteiger partial charge is 0.354 e. The molecule has 154 valence electrons. The monoisotopic (exact) mass is 413 g/mol. The van der Waals surface area contributed by atoms with Crippen LogP contribution in [-0.2, 0) is 17.8 Å². The van der Waals surface area contributed by atoms with E-state index in [-0.39, 0.29) is 18.4 Å². The first-order chi connectivity index (χ1) is 14.2. The third kappa shape index (κ3) is 5.13. The highest BCUT2D eigenvalue weighted by Gasteiger charge is 2.25. The lowest BCUT2D eigenvalue weighted by molar-refractivity contribution is -0.120. The van der Waals surface area contributed by atoms with Gasteiger partial charge in [-0.3, -0.25) is 14.6 Å². The number of urea groups is 1. The molecule has 8 heteroatoms. The summed E-state index contributed by atoms with van der Waals surface area (Å²) in [6.45, 7) is 3.92. The maximum absolute atomic E-state index is 12.5. The summed E-state index contributed by atoms with van der Waals surface area (Å²) in [6, 6.07) is 10.7. The molecule has 1 atom stereocenters. The molecule has 29 heavy (non-hydrogen) atoms. The highest BCUT2D eigenvalue weighted by molar-refractivity contribution is 7.14. The quantitative estimate of drug-likeness (QED) is 0.731. The molecule has 4 rings (SSSR count). The van der Waals surface area contributed by atoms with Gasteiger partial charge in [-0.15, -0.1) is 11.3 Å². The van der Waals surface area contributed by atoms with Crippen molar-refractivity contribution in [1.29, 1.82) is 0 Å². The van der Waals surface area contributed by atoms with E-state index < -0.39 is 0 Å². The maximum atomic E-state index is 12.5. The van der Waals surface area contributed by atoms with Gasteiger partial charge in [0.15, 0.2) is 5.13 Å². The zero-order chi connectivity index (χ0) is 20.1. The number of likely N-dealkylation sites (tertiary alicyclic amines) is 1. The zero-order valence-electron chi connectivity index (χ0n) is 16.5. The number of amides is 3. The number of carbonyl (C=O) groups excluding carboxylic acids is 2. The van der Waals surface area contributed by atoms with Gasteiger partial charge >= 0.3 is 6.03 Å². The van der Waals surface area contributed by atoms with Crippen molar-refractivity contribution in [2.75, 3.05) is 31.1 Å². The number of thiazole rings is 1. The average Bonchev–Trinajstić information content (AvgIpc) is 3.36. The number of hydrogen-bond donors (Lipinski definition) is 2. The van der Waals surface area contributed by atoms with Crippen LogP contribution in [0.25, 0.3) is 0 Å². The molecule has 3 heterocycles. The van der Waals surface area contributed by atoms with Gasteiger partial charge in [0.1, 0.15) is 0 Å². The summed E-state index contributed by atoms with van der Waals surface area (Å²) in [5.41, 5.74) is 2.03. The van der Waals surface area contributed by atoms with E-state index in [1.165, 1.54) is 29.7 Å². The van der Waals surface area contributed by atoms with E-state index in [9.17, 15) is 9.59 Å². The number of nitrogens with one attached hydrogen (secondary N) is 2. The normalized spacial score (nSPS) is 19.9. The van der Waals surface area contributed by atoms with Gasteiger partial charge in [0.05, 0.1) is 12.1 Å². The lowest BCUT2D eigenvalue weighted by atomic mass is 10.0. The molecule has 0 radical (unpaired) electrons. The van der Waals surface area contributed by atoms with E-state index in [0.717, 1.165) is 19.5 Å². The highest BCUT2D eigenvalue weighted by Crippen LogP contribution is 2.22. The molecule has 1 aromatic carbocycles. The Bertz CT molecular complexity index is 841. The third-order valence-corrected chi connectivity index (χ3v) is 6.39. The second-order valence-corrected chi connectivity index (χ2v) is 8.43. The van der Waals surface area contributed by atoms with Crippen LogP contribution in [0.1, 0.15) is 30.5 Å². The fourth-order valence-electron chi connectivity index (χ4n) is 3.93. The molecule has 2 aliphatic heterocycles. The van der Waals surface area contributed by atoms with Crippen LogP contribution in [0.2, 0.25) is 0 Å². The number of aromatic nitrogens is 1. The van der Waals surface area contributed by atoms with E-state index in [1.807, 2.05) is 11.4 Å². The Hall–Kier alpha value is -2.45. The minimum atomic E-state index is -0.119. The number of rotatable bonds is 7. The van der Waals surface area contributed by atoms with Crippen molar-refractivity contribution in [2.45, 2.75) is 38.3 Å². The van der Waals surface area contributed by atoms with Gasteiger partial charge < -0.3 is 10.6 Å². The van der Waals surface area contributed by atoms with Gasteiger partial charge in [-0.2, -0.15) is 0 Å². The number of carbonyl (C=O) groups is 2. The average molecular weight is 414 g/mol. The Morgan fingerprint density at radius 1 is 1.24 bits per heavy atom. The van der Waals surface area contributed by atoms with Crippen LogP contribution in [0.5, 0.6) is 0 Å². The molecule has 0 aliphatic carbocycles. The minimum Gasteiger partial charge on any atom is -0.354 e. The number of hydrogen-bond acceptors (Lipinski definition) is 5. The molecule has 2 aliphatic rings. The molecular weight excluding hydrogens is 386 g/mol. The molecule has 0 bridgehead atoms. The lowest BCUT2D eigenvalue weighted by Crippen LogP contribution is -2.46. The summed E-state index contributed by atoms with van der Waals surface area (Å²) in [6.07, 6.45) is 3.78. The van der Waals surface area contributed by atoms with Gasteiger partial charge in [-0.25, -0.2) is 9.78 Å². The minimum absolute atomic E-state index is 0.0158. The topological polar surface area (TPSA) is 77.6 Å². The van der Waals surface area contributed by atoms with Gasteiger partial charge in [0.25, 0.3) is 0 Å². The smallest absolute Gasteiger partial charge is 0.323 e. The molecule has 2 fully saturated rings. The van der Waals surface area contributed by atoms with Gasteiger partial charge in [-0.05, 0) is 24.9 Å². The maximum Gasteiger partial charge on any atom is 0.323 e. The molecule has 3 amide bonds. The fourth-order valence-corrected chi connectivity index (χ4v) is 4.78. The number of piperidine rings is 1. The lowest BCUT2D eigenvalue weighted by Gasteiger charge is -2.35. The summed E-state index contributed by atoms with van der Waals surface area (Å²) >= 11 is 1.41. The number of benzene rings is 1. The molecule has 1 aromatic heterocycles. The summed E-state index contributed by atoms with van der Waals surface area (Å²) in [5, 5.41) is 8.38. The zero-order valence-corrected chi connectivity index (χ0v) is 17.3. The van der Waals surface area contributed by atoms with Crippen LogP contribution < -0.4 is 15.5 Å². The van der Waals surface area contributed by atoms with Gasteiger partial charge in [-0.1, -0.05) is 36.8 Å². The fraction of sp³-hybridized carbons (Fsp3) is 0.476. The molecule has 1 unspecified atom stereocenters. The predicted octanol–water partition coefficient (Wildman–Crippen LogP) is 2.39. The Balaban J connectivity index is 1.28. The Morgan fingerprint density at radius 2 is 2.10 bits per heavy atom. The van der Waals surface area contributed by atoms with Crippen molar-refractivity contribution < 1.29 is 9.59 Å². The summed E-state index contributed by atoms with van der Waals surface area (Å²) in [7, 11) is 0. The second kappa shape index (κ2) is 9.37. The summed E-state index contributed by atoms with van der Waals surface area (Å²) < 4.78 is 0. The van der Waals surface area contributed by atoms with Crippen LogP contribution in [0.15, 0.2) is 35.7 Å². The van der Waals surface area contributed by atoms with Crippen molar-refractivity contribution in [2.24, 2.45) is 0 Å². The molecule has 2 saturated heterocycles. The number of nitrogens with zero attached hydrogens (tertiary/aromatic N) is 3. The third-order valence-electron chi connectivity index (χ3n) is 5.48. The summed E-state index contributed by atoms with van der Waals surface area (Å²) in [4.78, 5) is 32.8. The first-order valence-electron chi connectivity index (χ1n) is 10.2. The van der Waals surface area contributed by atoms with Crippen LogP contribution in [-0.4, -0.2) is 54.0 Å². The SMILES string of the molecule is O=C(Cc1csc(N2CCNC2=O)n1)NCC1CCCCN1Cc1ccccc1. The van der Waals surface area contributed by atoms with E-state index in [4.69, 9.17) is 0 Å². The van der Waals surface area contributed by atoms with Crippen LogP contribution in [0.4, 0.5) is 9.93 Å². The summed E-state index contributed by atoms with van der Waals surface area (Å²) in [5.74, 6) is -0.0158. The van der Waals surface area contributed by atoms with Gasteiger partial charge in [0, 0.05) is 37.6 Å². The molecular formula is C21H27N5O2S. The van der Waals surface area contributed by atoms with Crippen LogP contribution >= 0.6 is 11.3 Å². The Labute approximate surface area is 175 Å². The molecule has 2 aromatic rings. The highest BCUT2D eigenvalue weighted by atomic mass is 32.1. The Morgan fingerprint density at radius 3 is 2.90 bits per heavy atom. The van der Waals surface area contributed by atoms with Crippen molar-refractivity contribution >= 4 is 28.4 Å². The van der Waals surface area contributed by atoms with Crippen molar-refractivity contribution in [3.63, 3.8) is 0 Å². The van der Waals surface area contributed by atoms with Crippen molar-refractivity contribution in [1.82, 2.24) is 20.5 Å². The first-order valence-corrected chi connectivity index (χ1v) is 11.1. The predicted molar refractivity (Wildman–Crippen MR) is 114 cm³/mol. The van der Waals surface area contributed by atoms with E-state index in [0.29, 0.717) is 36.5 Å². The molecule has 7 nitrogen and oxygen atoms in total. The van der Waals surface area contributed by atoms with Crippen LogP contribution in [0, 0.1) is 0 Å². The standard InChI is InChI=1S/C21H27N5O2S/c27-19(12-17-15-29-21(24-17)26-11-9-22-20(26)28)23-13-18-8-4-5-10-25(18)14-16-6-2-1-3-7-16/h1-3,6-7,15,18H,4-5,8-14H2,(H,22,28)(H,23,27). The first kappa shape index (κ1) is 19.8. The van der Waals surface area contributed by atoms with Crippen molar-refractivity contribution in [3.05, 3.63) is 47.0 Å². The number of anilines is 1.